The first-order valence-corrected chi connectivity index (χ1v) is 9.22. The second-order valence-corrected chi connectivity index (χ2v) is 6.80. The van der Waals surface area contributed by atoms with Crippen molar-refractivity contribution in [2.24, 2.45) is 0 Å². The van der Waals surface area contributed by atoms with Gasteiger partial charge >= 0.3 is 0 Å². The first kappa shape index (κ1) is 21.2. The number of halogens is 1. The third-order valence-corrected chi connectivity index (χ3v) is 4.88. The Labute approximate surface area is 167 Å². The summed E-state index contributed by atoms with van der Waals surface area (Å²) in [7, 11) is 0. The fourth-order valence-corrected chi connectivity index (χ4v) is 3.29. The predicted molar refractivity (Wildman–Crippen MR) is 110 cm³/mol. The Morgan fingerprint density at radius 2 is 1.74 bits per heavy atom. The van der Waals surface area contributed by atoms with E-state index in [1.54, 1.807) is 0 Å². The Kier molecular flexibility index (Phi) is 8.07. The number of benzene rings is 1. The third kappa shape index (κ3) is 5.94. The zero-order valence-electron chi connectivity index (χ0n) is 16.1. The monoisotopic (exact) mass is 389 g/mol. The van der Waals surface area contributed by atoms with Crippen molar-refractivity contribution >= 4 is 18.3 Å². The molecule has 1 aromatic carbocycles. The molecule has 0 unspecified atom stereocenters. The first-order valence-electron chi connectivity index (χ1n) is 9.22. The number of carbonyl (C=O) groups is 1. The lowest BCUT2D eigenvalue weighted by molar-refractivity contribution is -0.135. The number of pyridine rings is 1. The van der Waals surface area contributed by atoms with E-state index in [0.29, 0.717) is 0 Å². The third-order valence-electron chi connectivity index (χ3n) is 4.88. The lowest BCUT2D eigenvalue weighted by Crippen LogP contribution is -2.50. The van der Waals surface area contributed by atoms with E-state index in [-0.39, 0.29) is 24.9 Å². The lowest BCUT2D eigenvalue weighted by atomic mass is 10.1. The van der Waals surface area contributed by atoms with Crippen LogP contribution in [0.3, 0.4) is 0 Å². The summed E-state index contributed by atoms with van der Waals surface area (Å²) < 4.78 is 5.80. The number of aromatic nitrogens is 1. The average Bonchev–Trinajstić information content (AvgIpc) is 2.67. The van der Waals surface area contributed by atoms with Gasteiger partial charge in [-0.2, -0.15) is 0 Å². The molecule has 0 aliphatic carbocycles. The van der Waals surface area contributed by atoms with Crippen LogP contribution in [0.5, 0.6) is 5.75 Å². The van der Waals surface area contributed by atoms with E-state index in [0.717, 1.165) is 61.7 Å². The van der Waals surface area contributed by atoms with Crippen molar-refractivity contribution < 1.29 is 9.53 Å². The van der Waals surface area contributed by atoms with Crippen molar-refractivity contribution in [3.63, 3.8) is 0 Å². The van der Waals surface area contributed by atoms with Crippen molar-refractivity contribution in [3.8, 4) is 5.75 Å². The maximum atomic E-state index is 12.5. The summed E-state index contributed by atoms with van der Waals surface area (Å²) in [5.41, 5.74) is 3.25. The Hall–Kier alpha value is -2.11. The normalized spacial score (nSPS) is 14.5. The van der Waals surface area contributed by atoms with Crippen molar-refractivity contribution in [1.82, 2.24) is 14.8 Å². The summed E-state index contributed by atoms with van der Waals surface area (Å²) in [5, 5.41) is 0. The van der Waals surface area contributed by atoms with E-state index in [4.69, 9.17) is 4.74 Å². The van der Waals surface area contributed by atoms with E-state index in [9.17, 15) is 4.79 Å². The van der Waals surface area contributed by atoms with E-state index in [1.807, 2.05) is 55.3 Å². The molecule has 1 fully saturated rings. The zero-order valence-corrected chi connectivity index (χ0v) is 16.9. The van der Waals surface area contributed by atoms with Crippen LogP contribution < -0.4 is 4.74 Å². The molecule has 1 aromatic heterocycles. The smallest absolute Gasteiger partial charge is 0.260 e. The molecule has 1 saturated heterocycles. The van der Waals surface area contributed by atoms with Crippen LogP contribution in [0.1, 0.15) is 16.8 Å². The average molecular weight is 390 g/mol. The maximum absolute atomic E-state index is 12.5. The van der Waals surface area contributed by atoms with Crippen LogP contribution in [0.2, 0.25) is 0 Å². The van der Waals surface area contributed by atoms with Gasteiger partial charge in [-0.15, -0.1) is 12.4 Å². The molecule has 146 valence electrons. The van der Waals surface area contributed by atoms with Crippen LogP contribution in [0.4, 0.5) is 0 Å². The topological polar surface area (TPSA) is 45.7 Å². The van der Waals surface area contributed by atoms with Crippen LogP contribution in [0, 0.1) is 13.8 Å². The van der Waals surface area contributed by atoms with Gasteiger partial charge in [-0.1, -0.05) is 24.3 Å². The molecule has 5 nitrogen and oxygen atoms in total. The molecular formula is C21H28ClN3O2. The van der Waals surface area contributed by atoms with Crippen LogP contribution in [0.15, 0.2) is 42.6 Å². The standard InChI is InChI=1S/C21H27N3O2.ClH/c1-17-6-5-7-18(2)21(17)26-16-20(25)24-14-12-23(13-15-24)11-9-19-8-3-4-10-22-19;/h3-8,10H,9,11-16H2,1-2H3;1H. The molecule has 0 N–H and O–H groups in total. The van der Waals surface area contributed by atoms with Gasteiger partial charge in [0.1, 0.15) is 5.75 Å². The first-order chi connectivity index (χ1) is 12.6. The minimum atomic E-state index is 0. The zero-order chi connectivity index (χ0) is 18.4. The molecule has 0 bridgehead atoms. The van der Waals surface area contributed by atoms with Crippen LogP contribution in [0.25, 0.3) is 0 Å². The minimum absolute atomic E-state index is 0. The van der Waals surface area contributed by atoms with Crippen molar-refractivity contribution in [2.75, 3.05) is 39.3 Å². The number of hydrogen-bond donors (Lipinski definition) is 0. The molecule has 0 radical (unpaired) electrons. The summed E-state index contributed by atoms with van der Waals surface area (Å²) in [5.74, 6) is 0.895. The summed E-state index contributed by atoms with van der Waals surface area (Å²) in [4.78, 5) is 21.1. The lowest BCUT2D eigenvalue weighted by Gasteiger charge is -2.34. The number of piperazine rings is 1. The summed E-state index contributed by atoms with van der Waals surface area (Å²) in [6.07, 6.45) is 2.78. The molecule has 0 spiro atoms. The number of carbonyl (C=O) groups excluding carboxylic acids is 1. The Morgan fingerprint density at radius 3 is 2.37 bits per heavy atom. The summed E-state index contributed by atoms with van der Waals surface area (Å²) >= 11 is 0. The SMILES string of the molecule is Cc1cccc(C)c1OCC(=O)N1CCN(CCc2ccccn2)CC1.Cl. The highest BCUT2D eigenvalue weighted by atomic mass is 35.5. The minimum Gasteiger partial charge on any atom is -0.483 e. The molecule has 3 rings (SSSR count). The number of hydrogen-bond acceptors (Lipinski definition) is 4. The number of rotatable bonds is 6. The van der Waals surface area contributed by atoms with Crippen LogP contribution >= 0.6 is 12.4 Å². The van der Waals surface area contributed by atoms with E-state index < -0.39 is 0 Å². The fraction of sp³-hybridized carbons (Fsp3) is 0.429. The van der Waals surface area contributed by atoms with Gasteiger partial charge in [0, 0.05) is 51.0 Å². The fourth-order valence-electron chi connectivity index (χ4n) is 3.29. The second kappa shape index (κ2) is 10.3. The van der Waals surface area contributed by atoms with Gasteiger partial charge in [0.2, 0.25) is 0 Å². The molecule has 2 heterocycles. The number of ether oxygens (including phenoxy) is 1. The summed E-state index contributed by atoms with van der Waals surface area (Å²) in [6, 6.07) is 12.0. The molecule has 1 amide bonds. The number of aryl methyl sites for hydroxylation is 2. The predicted octanol–water partition coefficient (Wildman–Crippen LogP) is 2.89. The van der Waals surface area contributed by atoms with Gasteiger partial charge in [-0.3, -0.25) is 14.7 Å². The largest absolute Gasteiger partial charge is 0.483 e. The van der Waals surface area contributed by atoms with Crippen LogP contribution in [-0.2, 0) is 11.2 Å². The second-order valence-electron chi connectivity index (χ2n) is 6.80. The molecule has 27 heavy (non-hydrogen) atoms. The quantitative estimate of drug-likeness (QED) is 0.762. The highest BCUT2D eigenvalue weighted by molar-refractivity contribution is 5.85. The Bertz CT molecular complexity index is 711. The molecular weight excluding hydrogens is 362 g/mol. The number of nitrogens with zero attached hydrogens (tertiary/aromatic N) is 3. The van der Waals surface area contributed by atoms with Gasteiger partial charge in [-0.25, -0.2) is 0 Å². The Morgan fingerprint density at radius 1 is 1.04 bits per heavy atom. The van der Waals surface area contributed by atoms with Crippen LogP contribution in [-0.4, -0.2) is 60.0 Å². The highest BCUT2D eigenvalue weighted by Crippen LogP contribution is 2.22. The molecule has 1 aliphatic heterocycles. The molecule has 0 saturated carbocycles. The molecule has 2 aromatic rings. The number of para-hydroxylation sites is 1. The van der Waals surface area contributed by atoms with Crippen molar-refractivity contribution in [2.45, 2.75) is 20.3 Å². The van der Waals surface area contributed by atoms with E-state index in [2.05, 4.69) is 16.0 Å². The molecule has 6 heteroatoms. The molecule has 0 atom stereocenters. The molecule has 1 aliphatic rings. The van der Waals surface area contributed by atoms with Crippen molar-refractivity contribution in [3.05, 3.63) is 59.4 Å². The summed E-state index contributed by atoms with van der Waals surface area (Å²) in [6.45, 7) is 8.44. The van der Waals surface area contributed by atoms with E-state index in [1.165, 1.54) is 0 Å². The van der Waals surface area contributed by atoms with Gasteiger partial charge in [0.15, 0.2) is 6.61 Å². The van der Waals surface area contributed by atoms with Crippen molar-refractivity contribution in [1.29, 1.82) is 0 Å². The highest BCUT2D eigenvalue weighted by Gasteiger charge is 2.21. The van der Waals surface area contributed by atoms with Gasteiger partial charge in [0.25, 0.3) is 5.91 Å². The van der Waals surface area contributed by atoms with Gasteiger partial charge in [-0.05, 0) is 37.1 Å². The van der Waals surface area contributed by atoms with Gasteiger partial charge < -0.3 is 9.64 Å². The van der Waals surface area contributed by atoms with E-state index >= 15 is 0 Å². The Balaban J connectivity index is 0.00000261. The number of amides is 1. The van der Waals surface area contributed by atoms with Gasteiger partial charge in [0.05, 0.1) is 0 Å². The maximum Gasteiger partial charge on any atom is 0.260 e.